The van der Waals surface area contributed by atoms with Crippen molar-refractivity contribution in [3.05, 3.63) is 34.9 Å². The molecule has 1 unspecified atom stereocenters. The molecule has 1 atom stereocenters. The topological polar surface area (TPSA) is 90.5 Å². The Balaban J connectivity index is 1.47. The Morgan fingerprint density at radius 2 is 1.80 bits per heavy atom. The van der Waals surface area contributed by atoms with E-state index in [-0.39, 0.29) is 35.0 Å². The highest BCUT2D eigenvalue weighted by Gasteiger charge is 2.43. The van der Waals surface area contributed by atoms with Crippen LogP contribution in [0.3, 0.4) is 0 Å². The van der Waals surface area contributed by atoms with Crippen molar-refractivity contribution >= 4 is 17.7 Å². The molecular formula is C23H32N4O3. The molecular weight excluding hydrogens is 380 g/mol. The molecule has 4 rings (SSSR count). The molecule has 0 bridgehead atoms. The molecule has 3 aliphatic heterocycles. The highest BCUT2D eigenvalue weighted by Crippen LogP contribution is 2.37. The predicted molar refractivity (Wildman–Crippen MR) is 114 cm³/mol. The number of amides is 3. The molecule has 3 aliphatic rings. The second kappa shape index (κ2) is 7.46. The van der Waals surface area contributed by atoms with E-state index in [2.05, 4.69) is 49.7 Å². The number of rotatable bonds is 4. The largest absolute Gasteiger partial charge is 0.322 e. The van der Waals surface area contributed by atoms with E-state index in [1.165, 1.54) is 0 Å². The van der Waals surface area contributed by atoms with Gasteiger partial charge in [0.25, 0.3) is 5.91 Å². The minimum absolute atomic E-state index is 0.121. The van der Waals surface area contributed by atoms with Crippen LogP contribution in [-0.4, -0.2) is 47.8 Å². The molecule has 0 saturated carbocycles. The average molecular weight is 413 g/mol. The molecule has 1 aromatic rings. The number of carbonyl (C=O) groups is 3. The van der Waals surface area contributed by atoms with Crippen molar-refractivity contribution in [3.8, 4) is 0 Å². The number of fused-ring (bicyclic) bond motifs is 1. The summed E-state index contributed by atoms with van der Waals surface area (Å²) in [6, 6.07) is 5.79. The zero-order valence-corrected chi connectivity index (χ0v) is 18.3. The highest BCUT2D eigenvalue weighted by atomic mass is 16.2. The number of hydrogen-bond donors (Lipinski definition) is 3. The maximum Gasteiger partial charge on any atom is 0.255 e. The van der Waals surface area contributed by atoms with E-state index in [9.17, 15) is 14.4 Å². The Hall–Kier alpha value is -2.25. The molecule has 3 heterocycles. The van der Waals surface area contributed by atoms with Crippen molar-refractivity contribution in [1.82, 2.24) is 20.9 Å². The fraction of sp³-hybridized carbons (Fsp3) is 0.609. The van der Waals surface area contributed by atoms with Gasteiger partial charge in [0.2, 0.25) is 11.8 Å². The quantitative estimate of drug-likeness (QED) is 0.653. The third-order valence-electron chi connectivity index (χ3n) is 6.83. The highest BCUT2D eigenvalue weighted by molar-refractivity contribution is 6.05. The average Bonchev–Trinajstić information content (AvgIpc) is 2.96. The van der Waals surface area contributed by atoms with Crippen LogP contribution in [0.25, 0.3) is 0 Å². The van der Waals surface area contributed by atoms with Gasteiger partial charge in [0.15, 0.2) is 0 Å². The van der Waals surface area contributed by atoms with Crippen LogP contribution in [0.15, 0.2) is 18.2 Å². The van der Waals surface area contributed by atoms with Gasteiger partial charge in [-0.1, -0.05) is 39.8 Å². The van der Waals surface area contributed by atoms with E-state index >= 15 is 0 Å². The number of imide groups is 1. The molecule has 162 valence electrons. The Labute approximate surface area is 178 Å². The first-order valence-corrected chi connectivity index (χ1v) is 10.8. The van der Waals surface area contributed by atoms with Crippen LogP contribution >= 0.6 is 0 Å². The molecule has 2 fully saturated rings. The van der Waals surface area contributed by atoms with Crippen molar-refractivity contribution in [3.63, 3.8) is 0 Å². The van der Waals surface area contributed by atoms with Crippen LogP contribution in [0.1, 0.15) is 62.0 Å². The lowest BCUT2D eigenvalue weighted by atomic mass is 9.67. The van der Waals surface area contributed by atoms with Crippen LogP contribution in [0, 0.1) is 10.8 Å². The second-order valence-electron chi connectivity index (χ2n) is 10.3. The first-order chi connectivity index (χ1) is 14.1. The Bertz CT molecular complexity index is 876. The molecule has 0 radical (unpaired) electrons. The number of nitrogens with zero attached hydrogens (tertiary/aromatic N) is 1. The molecule has 0 spiro atoms. The zero-order valence-electron chi connectivity index (χ0n) is 18.3. The van der Waals surface area contributed by atoms with Gasteiger partial charge in [0.05, 0.1) is 0 Å². The van der Waals surface area contributed by atoms with Gasteiger partial charge in [-0.2, -0.15) is 0 Å². The van der Waals surface area contributed by atoms with E-state index in [0.29, 0.717) is 31.1 Å². The maximum atomic E-state index is 13.0. The number of nitrogens with one attached hydrogen (secondary N) is 3. The normalized spacial score (nSPS) is 25.9. The minimum atomic E-state index is -0.569. The summed E-state index contributed by atoms with van der Waals surface area (Å²) in [5.41, 5.74) is 2.92. The summed E-state index contributed by atoms with van der Waals surface area (Å²) < 4.78 is 0. The van der Waals surface area contributed by atoms with Crippen molar-refractivity contribution in [2.45, 2.75) is 65.7 Å². The molecule has 7 heteroatoms. The van der Waals surface area contributed by atoms with Crippen molar-refractivity contribution < 1.29 is 14.4 Å². The molecule has 3 amide bonds. The molecule has 30 heavy (non-hydrogen) atoms. The lowest BCUT2D eigenvalue weighted by molar-refractivity contribution is -0.136. The zero-order chi connectivity index (χ0) is 21.7. The van der Waals surface area contributed by atoms with Gasteiger partial charge in [-0.3, -0.25) is 19.7 Å². The van der Waals surface area contributed by atoms with Crippen LogP contribution in [0.5, 0.6) is 0 Å². The number of hydrogen-bond acceptors (Lipinski definition) is 5. The number of piperidine rings is 2. The van der Waals surface area contributed by atoms with Crippen LogP contribution in [0.2, 0.25) is 0 Å². The predicted octanol–water partition coefficient (Wildman–Crippen LogP) is 1.56. The van der Waals surface area contributed by atoms with Gasteiger partial charge < -0.3 is 15.5 Å². The summed E-state index contributed by atoms with van der Waals surface area (Å²) in [5, 5.41) is 9.63. The number of carbonyl (C=O) groups excluding carboxylic acids is 3. The van der Waals surface area contributed by atoms with Crippen molar-refractivity contribution in [2.75, 3.05) is 13.1 Å². The van der Waals surface area contributed by atoms with E-state index in [1.807, 2.05) is 12.1 Å². The molecule has 1 aromatic carbocycles. The van der Waals surface area contributed by atoms with Crippen molar-refractivity contribution in [1.29, 1.82) is 0 Å². The van der Waals surface area contributed by atoms with E-state index in [1.54, 1.807) is 4.90 Å². The molecule has 2 saturated heterocycles. The minimum Gasteiger partial charge on any atom is -0.322 e. The summed E-state index contributed by atoms with van der Waals surface area (Å²) in [6.45, 7) is 12.2. The van der Waals surface area contributed by atoms with Gasteiger partial charge in [-0.05, 0) is 34.4 Å². The summed E-state index contributed by atoms with van der Waals surface area (Å²) in [7, 11) is 0. The summed E-state index contributed by atoms with van der Waals surface area (Å²) in [5.74, 6) is -0.758. The first kappa shape index (κ1) is 21.0. The molecule has 0 aromatic heterocycles. The maximum absolute atomic E-state index is 13.0. The van der Waals surface area contributed by atoms with Crippen LogP contribution in [-0.2, 0) is 22.7 Å². The van der Waals surface area contributed by atoms with Gasteiger partial charge in [-0.15, -0.1) is 0 Å². The summed E-state index contributed by atoms with van der Waals surface area (Å²) in [4.78, 5) is 38.3. The van der Waals surface area contributed by atoms with E-state index in [0.717, 1.165) is 24.2 Å². The first-order valence-electron chi connectivity index (χ1n) is 10.8. The van der Waals surface area contributed by atoms with E-state index in [4.69, 9.17) is 0 Å². The van der Waals surface area contributed by atoms with Gasteiger partial charge in [0, 0.05) is 44.2 Å². The van der Waals surface area contributed by atoms with Gasteiger partial charge in [0.1, 0.15) is 6.04 Å². The molecule has 3 N–H and O–H groups in total. The van der Waals surface area contributed by atoms with Gasteiger partial charge in [-0.25, -0.2) is 0 Å². The third-order valence-corrected chi connectivity index (χ3v) is 6.83. The SMILES string of the molecule is CC1(C)CNCC(C)(C)C1NCc1ccc2c(c1)C(=O)N(C1CCC(=O)NC1=O)C2. The van der Waals surface area contributed by atoms with Gasteiger partial charge >= 0.3 is 0 Å². The lowest BCUT2D eigenvalue weighted by Gasteiger charge is -2.50. The summed E-state index contributed by atoms with van der Waals surface area (Å²) in [6.07, 6.45) is 0.659. The lowest BCUT2D eigenvalue weighted by Crippen LogP contribution is -2.62. The van der Waals surface area contributed by atoms with Crippen molar-refractivity contribution in [2.24, 2.45) is 10.8 Å². The Kier molecular flexibility index (Phi) is 5.22. The smallest absolute Gasteiger partial charge is 0.255 e. The fourth-order valence-electron chi connectivity index (χ4n) is 5.45. The van der Waals surface area contributed by atoms with Crippen LogP contribution in [0.4, 0.5) is 0 Å². The standard InChI is InChI=1S/C23H32N4O3/c1-22(2)12-24-13-23(3,4)21(22)25-10-14-5-6-15-11-27(20(30)16(15)9-14)17-7-8-18(28)26-19(17)29/h5-6,9,17,21,24-25H,7-8,10-13H2,1-4H3,(H,26,28,29). The third kappa shape index (κ3) is 3.76. The fourth-order valence-corrected chi connectivity index (χ4v) is 5.45. The number of benzene rings is 1. The second-order valence-corrected chi connectivity index (χ2v) is 10.3. The Morgan fingerprint density at radius 1 is 1.10 bits per heavy atom. The van der Waals surface area contributed by atoms with Crippen LogP contribution < -0.4 is 16.0 Å². The monoisotopic (exact) mass is 412 g/mol. The molecule has 7 nitrogen and oxygen atoms in total. The molecule has 0 aliphatic carbocycles. The Morgan fingerprint density at radius 3 is 2.47 bits per heavy atom. The summed E-state index contributed by atoms with van der Waals surface area (Å²) >= 11 is 0. The van der Waals surface area contributed by atoms with E-state index < -0.39 is 6.04 Å².